The molecule has 0 radical (unpaired) electrons. The van der Waals surface area contributed by atoms with Crippen molar-refractivity contribution in [1.82, 2.24) is 48.5 Å². The summed E-state index contributed by atoms with van der Waals surface area (Å²) in [5.74, 6) is -1.07. The number of aromatic amines is 2. The molecule has 8 aromatic rings. The van der Waals surface area contributed by atoms with Gasteiger partial charge in [0.05, 0.1) is 58.4 Å². The van der Waals surface area contributed by atoms with Gasteiger partial charge >= 0.3 is 5.97 Å². The Bertz CT molecular complexity index is 3910. The molecule has 10 heterocycles. The topological polar surface area (TPSA) is 203 Å². The van der Waals surface area contributed by atoms with Crippen LogP contribution in [0.1, 0.15) is 114 Å². The minimum absolute atomic E-state index is 0.0688. The lowest BCUT2D eigenvalue weighted by Crippen LogP contribution is -2.39. The summed E-state index contributed by atoms with van der Waals surface area (Å²) in [6, 6.07) is 29.6. The number of H-pyrrole nitrogens is 2. The lowest BCUT2D eigenvalue weighted by molar-refractivity contribution is 0.0186. The third-order valence-electron chi connectivity index (χ3n) is 18.1. The van der Waals surface area contributed by atoms with Gasteiger partial charge in [-0.25, -0.2) is 9.63 Å². The Kier molecular flexibility index (Phi) is 22.1. The number of rotatable bonds is 16. The van der Waals surface area contributed by atoms with Gasteiger partial charge in [-0.05, 0) is 148 Å². The fourth-order valence-electron chi connectivity index (χ4n) is 13.0. The largest absolute Gasteiger partial charge is 0.478 e. The number of ether oxygens (including phenoxy) is 4. The van der Waals surface area contributed by atoms with Crippen LogP contribution in [0.5, 0.6) is 0 Å². The molecule has 4 aliphatic heterocycles. The standard InChI is InChI=1S/C35H43N5O4.C27H33N3O4.C8H11ClN2O/c1-23-17-24(2)37-35(42)32(23)20-36-34(41)31-19-30-18-29(28-7-5-27(6-8-28)21-38-9-13-43-14-10-38)22-40(30)33(25(31)3)26(4)39-11-15-44-16-12-39;1-19-25(27(31)32)16-24-15-23(18-30(24)26(19)20(2)29-9-13-34-14-10-29)22-5-3-21(4-6-22)17-28-7-11-33-12-8-28;1-5-3-6(2)11-8(12)7(5)4-10-9/h5-8,17-19,22,26H,9-16,20-21H2,1-4H3,(H,36,41)(H,37,42);3-6,15-16,18,20H,7-14,17H2,1-2H3,(H,31,32);3,10H,4H2,1-2H3,(H,11,12). The molecule has 2 atom stereocenters. The number of carboxylic acids is 1. The number of aromatic nitrogens is 4. The molecule has 2 unspecified atom stereocenters. The summed E-state index contributed by atoms with van der Waals surface area (Å²) in [5, 5.41) is 12.9. The quantitative estimate of drug-likeness (QED) is 0.0573. The van der Waals surface area contributed by atoms with Gasteiger partial charge in [0.15, 0.2) is 0 Å². The highest BCUT2D eigenvalue weighted by Gasteiger charge is 2.28. The smallest absolute Gasteiger partial charge is 0.336 e. The fourth-order valence-corrected chi connectivity index (χ4v) is 13.1. The van der Waals surface area contributed by atoms with Crippen LogP contribution in [0.15, 0.2) is 107 Å². The number of carboxylic acid groups (broad SMARTS) is 1. The van der Waals surface area contributed by atoms with Crippen LogP contribution in [-0.4, -0.2) is 161 Å². The van der Waals surface area contributed by atoms with Crippen molar-refractivity contribution in [2.75, 3.05) is 105 Å². The number of hydrogen-bond acceptors (Lipinski definition) is 13. The number of carbonyl (C=O) groups excluding carboxylic acids is 1. The lowest BCUT2D eigenvalue weighted by Gasteiger charge is -2.34. The maximum atomic E-state index is 13.7. The average molecular weight is 1250 g/mol. The van der Waals surface area contributed by atoms with Gasteiger partial charge in [-0.1, -0.05) is 48.5 Å². The van der Waals surface area contributed by atoms with Crippen molar-refractivity contribution in [2.24, 2.45) is 0 Å². The molecule has 4 fully saturated rings. The molecule has 0 bridgehead atoms. The number of aromatic carboxylic acids is 1. The van der Waals surface area contributed by atoms with E-state index >= 15 is 0 Å². The highest BCUT2D eigenvalue weighted by atomic mass is 35.5. The second-order valence-electron chi connectivity index (χ2n) is 24.2. The molecule has 0 spiro atoms. The summed E-state index contributed by atoms with van der Waals surface area (Å²) >= 11 is 5.32. The predicted molar refractivity (Wildman–Crippen MR) is 353 cm³/mol. The van der Waals surface area contributed by atoms with Crippen molar-refractivity contribution in [1.29, 1.82) is 0 Å². The number of carbonyl (C=O) groups is 2. The SMILES string of the molecule is Cc1c(C(=O)O)cc2cc(-c3ccc(CN4CCOCC4)cc3)cn2c1C(C)N1CCOCC1.Cc1cc(C)c(CNC(=O)c2cc3cc(-c4ccc(CN5CCOCC5)cc4)cn3c(C(C)N3CCOCC3)c2C)c(=O)[nH]1.Cc1cc(C)c(CNCl)c(=O)[nH]1. The van der Waals surface area contributed by atoms with Gasteiger partial charge in [-0.15, -0.1) is 0 Å². The Morgan fingerprint density at radius 1 is 0.522 bits per heavy atom. The minimum atomic E-state index is -0.884. The minimum Gasteiger partial charge on any atom is -0.478 e. The Balaban J connectivity index is 0.000000171. The molecule has 4 saturated heterocycles. The Hall–Kier alpha value is -7.27. The van der Waals surface area contributed by atoms with Crippen LogP contribution in [0.2, 0.25) is 0 Å². The van der Waals surface area contributed by atoms with Gasteiger partial charge < -0.3 is 48.1 Å². The molecule has 6 aromatic heterocycles. The maximum absolute atomic E-state index is 13.7. The van der Waals surface area contributed by atoms with Crippen LogP contribution in [0, 0.1) is 41.5 Å². The van der Waals surface area contributed by atoms with E-state index in [4.69, 9.17) is 30.7 Å². The number of aryl methyl sites for hydroxylation is 4. The number of nitrogens with zero attached hydrogens (tertiary/aromatic N) is 6. The number of halogens is 1. The molecule has 19 nitrogen and oxygen atoms in total. The zero-order chi connectivity index (χ0) is 63.6. The number of amides is 1. The van der Waals surface area contributed by atoms with E-state index in [1.54, 1.807) is 6.07 Å². The molecule has 2 aromatic carbocycles. The first-order valence-electron chi connectivity index (χ1n) is 31.4. The predicted octanol–water partition coefficient (Wildman–Crippen LogP) is 9.45. The van der Waals surface area contributed by atoms with E-state index in [-0.39, 0.29) is 35.7 Å². The van der Waals surface area contributed by atoms with Crippen molar-refractivity contribution in [3.05, 3.63) is 196 Å². The molecule has 1 amide bonds. The number of fused-ring (bicyclic) bond motifs is 2. The Morgan fingerprint density at radius 2 is 0.900 bits per heavy atom. The van der Waals surface area contributed by atoms with Gasteiger partial charge in [-0.3, -0.25) is 34.0 Å². The first-order chi connectivity index (χ1) is 43.4. The molecule has 12 rings (SSSR count). The lowest BCUT2D eigenvalue weighted by atomic mass is 10.0. The molecule has 478 valence electrons. The number of nitrogens with one attached hydrogen (secondary N) is 4. The maximum Gasteiger partial charge on any atom is 0.336 e. The van der Waals surface area contributed by atoms with E-state index < -0.39 is 5.97 Å². The molecule has 4 aliphatic rings. The van der Waals surface area contributed by atoms with Crippen molar-refractivity contribution in [2.45, 2.75) is 93.7 Å². The monoisotopic (exact) mass is 1250 g/mol. The number of benzene rings is 2. The van der Waals surface area contributed by atoms with Crippen LogP contribution >= 0.6 is 11.8 Å². The van der Waals surface area contributed by atoms with Crippen LogP contribution in [0.25, 0.3) is 33.3 Å². The van der Waals surface area contributed by atoms with Gasteiger partial charge in [0.25, 0.3) is 17.0 Å². The zero-order valence-electron chi connectivity index (χ0n) is 53.3. The van der Waals surface area contributed by atoms with Crippen LogP contribution in [0.4, 0.5) is 0 Å². The molecular weight excluding hydrogens is 1160 g/mol. The summed E-state index contributed by atoms with van der Waals surface area (Å²) in [4.78, 5) is 67.3. The first-order valence-corrected chi connectivity index (χ1v) is 31.8. The van der Waals surface area contributed by atoms with Crippen molar-refractivity contribution >= 4 is 34.7 Å². The second kappa shape index (κ2) is 30.2. The molecule has 0 saturated carbocycles. The third kappa shape index (κ3) is 15.7. The number of hydrogen-bond donors (Lipinski definition) is 5. The second-order valence-corrected chi connectivity index (χ2v) is 24.5. The van der Waals surface area contributed by atoms with E-state index in [1.807, 2.05) is 59.7 Å². The summed E-state index contributed by atoms with van der Waals surface area (Å²) in [6.07, 6.45) is 4.35. The highest BCUT2D eigenvalue weighted by Crippen LogP contribution is 2.35. The van der Waals surface area contributed by atoms with Crippen LogP contribution < -0.4 is 21.3 Å². The summed E-state index contributed by atoms with van der Waals surface area (Å²) in [7, 11) is 0. The Labute approximate surface area is 532 Å². The van der Waals surface area contributed by atoms with Gasteiger partial charge in [-0.2, -0.15) is 0 Å². The number of pyridine rings is 4. The molecule has 0 aliphatic carbocycles. The average Bonchev–Trinajstić information content (AvgIpc) is 1.59. The van der Waals surface area contributed by atoms with Crippen LogP contribution in [0.3, 0.4) is 0 Å². The van der Waals surface area contributed by atoms with Gasteiger partial charge in [0, 0.05) is 165 Å². The Morgan fingerprint density at radius 3 is 1.29 bits per heavy atom. The van der Waals surface area contributed by atoms with E-state index in [9.17, 15) is 24.3 Å². The molecular formula is C70H87ClN10O9. The van der Waals surface area contributed by atoms with E-state index in [1.165, 1.54) is 11.1 Å². The van der Waals surface area contributed by atoms with E-state index in [0.29, 0.717) is 55.2 Å². The fraction of sp³-hybridized carbons (Fsp3) is 0.429. The number of morpholine rings is 4. The molecule has 5 N–H and O–H groups in total. The molecule has 20 heteroatoms. The normalized spacial score (nSPS) is 16.9. The summed E-state index contributed by atoms with van der Waals surface area (Å²) < 4.78 is 26.5. The molecule has 90 heavy (non-hydrogen) atoms. The van der Waals surface area contributed by atoms with Crippen molar-refractivity contribution in [3.63, 3.8) is 0 Å². The van der Waals surface area contributed by atoms with E-state index in [2.05, 4.69) is 135 Å². The highest BCUT2D eigenvalue weighted by molar-refractivity contribution is 6.13. The van der Waals surface area contributed by atoms with Crippen molar-refractivity contribution in [3.8, 4) is 22.3 Å². The summed E-state index contributed by atoms with van der Waals surface area (Å²) in [6.45, 7) is 31.5. The van der Waals surface area contributed by atoms with Gasteiger partial charge in [0.2, 0.25) is 0 Å². The van der Waals surface area contributed by atoms with Crippen molar-refractivity contribution < 1.29 is 33.6 Å². The summed E-state index contributed by atoms with van der Waals surface area (Å²) in [5.41, 5.74) is 18.4. The van der Waals surface area contributed by atoms with Crippen LogP contribution in [-0.2, 0) is 45.1 Å². The zero-order valence-corrected chi connectivity index (χ0v) is 54.1. The van der Waals surface area contributed by atoms with E-state index in [0.717, 1.165) is 170 Å². The first kappa shape index (κ1) is 65.7. The third-order valence-corrected chi connectivity index (χ3v) is 18.2. The van der Waals surface area contributed by atoms with Gasteiger partial charge in [0.1, 0.15) is 0 Å².